The van der Waals surface area contributed by atoms with Crippen LogP contribution >= 0.6 is 0 Å². The van der Waals surface area contributed by atoms with Crippen LogP contribution in [-0.4, -0.2) is 47.4 Å². The van der Waals surface area contributed by atoms with Gasteiger partial charge in [0.25, 0.3) is 0 Å². The van der Waals surface area contributed by atoms with E-state index >= 15 is 0 Å². The lowest BCUT2D eigenvalue weighted by atomic mass is 9.99. The van der Waals surface area contributed by atoms with Gasteiger partial charge in [-0.1, -0.05) is 36.8 Å². The van der Waals surface area contributed by atoms with Crippen molar-refractivity contribution in [2.24, 2.45) is 11.8 Å². The zero-order chi connectivity index (χ0) is 17.7. The fraction of sp³-hybridized carbons (Fsp3) is 0.500. The Bertz CT molecular complexity index is 612. The highest BCUT2D eigenvalue weighted by atomic mass is 16.4. The quantitative estimate of drug-likeness (QED) is 0.820. The van der Waals surface area contributed by atoms with Crippen molar-refractivity contribution in [1.29, 1.82) is 0 Å². The minimum Gasteiger partial charge on any atom is -0.481 e. The summed E-state index contributed by atoms with van der Waals surface area (Å²) in [6.07, 6.45) is 0.951. The number of carbonyl (C=O) groups excluding carboxylic acids is 2. The van der Waals surface area contributed by atoms with Crippen LogP contribution in [0.1, 0.15) is 24.5 Å². The van der Waals surface area contributed by atoms with Crippen LogP contribution in [0.5, 0.6) is 0 Å². The van der Waals surface area contributed by atoms with Crippen LogP contribution in [0.4, 0.5) is 0 Å². The lowest BCUT2D eigenvalue weighted by Crippen LogP contribution is -2.39. The molecule has 1 aromatic rings. The molecular weight excluding hydrogens is 308 g/mol. The Morgan fingerprint density at radius 1 is 1.21 bits per heavy atom. The number of carbonyl (C=O) groups is 3. The molecule has 1 aliphatic rings. The smallest absolute Gasteiger partial charge is 0.308 e. The Morgan fingerprint density at radius 3 is 2.46 bits per heavy atom. The Morgan fingerprint density at radius 2 is 1.88 bits per heavy atom. The van der Waals surface area contributed by atoms with Gasteiger partial charge in [-0.3, -0.25) is 14.4 Å². The number of carboxylic acid groups (broad SMARTS) is 1. The first-order valence-corrected chi connectivity index (χ1v) is 8.19. The van der Waals surface area contributed by atoms with Gasteiger partial charge in [0.15, 0.2) is 0 Å². The second kappa shape index (κ2) is 7.95. The van der Waals surface area contributed by atoms with E-state index in [1.54, 1.807) is 0 Å². The number of hydrogen-bond acceptors (Lipinski definition) is 3. The molecule has 2 rings (SSSR count). The van der Waals surface area contributed by atoms with Crippen LogP contribution in [0.15, 0.2) is 24.3 Å². The topological polar surface area (TPSA) is 86.7 Å². The van der Waals surface area contributed by atoms with Gasteiger partial charge in [0.1, 0.15) is 0 Å². The summed E-state index contributed by atoms with van der Waals surface area (Å²) < 4.78 is 0. The second-order valence-electron chi connectivity index (χ2n) is 6.48. The maximum atomic E-state index is 12.1. The molecule has 1 saturated heterocycles. The molecule has 0 bridgehead atoms. The molecule has 0 spiro atoms. The van der Waals surface area contributed by atoms with E-state index in [2.05, 4.69) is 5.32 Å². The number of nitrogens with one attached hydrogen (secondary N) is 1. The van der Waals surface area contributed by atoms with Crippen LogP contribution in [-0.2, 0) is 20.8 Å². The minimum absolute atomic E-state index is 0.0660. The highest BCUT2D eigenvalue weighted by Gasteiger charge is 2.36. The lowest BCUT2D eigenvalue weighted by Gasteiger charge is -2.16. The summed E-state index contributed by atoms with van der Waals surface area (Å²) in [5.41, 5.74) is 2.26. The number of aliphatic carboxylic acids is 1. The average molecular weight is 332 g/mol. The Balaban J connectivity index is 1.72. The third-order valence-electron chi connectivity index (χ3n) is 4.48. The summed E-state index contributed by atoms with van der Waals surface area (Å²) in [6, 6.07) is 7.99. The molecule has 0 saturated carbocycles. The molecular formula is C18H24N2O4. The van der Waals surface area contributed by atoms with Gasteiger partial charge in [-0.15, -0.1) is 0 Å². The van der Waals surface area contributed by atoms with Crippen LogP contribution in [0, 0.1) is 18.8 Å². The monoisotopic (exact) mass is 332 g/mol. The summed E-state index contributed by atoms with van der Waals surface area (Å²) in [5.74, 6) is -1.87. The molecule has 2 N–H and O–H groups in total. The summed E-state index contributed by atoms with van der Waals surface area (Å²) in [6.45, 7) is 4.40. The number of carboxylic acids is 1. The molecule has 1 heterocycles. The largest absolute Gasteiger partial charge is 0.481 e. The lowest BCUT2D eigenvalue weighted by molar-refractivity contribution is -0.142. The van der Waals surface area contributed by atoms with Gasteiger partial charge in [-0.05, 0) is 24.8 Å². The maximum absolute atomic E-state index is 12.1. The summed E-state index contributed by atoms with van der Waals surface area (Å²) in [4.78, 5) is 36.6. The highest BCUT2D eigenvalue weighted by Crippen LogP contribution is 2.22. The molecule has 6 nitrogen and oxygen atoms in total. The van der Waals surface area contributed by atoms with Crippen molar-refractivity contribution < 1.29 is 19.5 Å². The van der Waals surface area contributed by atoms with E-state index in [1.807, 2.05) is 38.1 Å². The third-order valence-corrected chi connectivity index (χ3v) is 4.48. The average Bonchev–Trinajstić information content (AvgIpc) is 2.94. The van der Waals surface area contributed by atoms with Crippen LogP contribution in [0.3, 0.4) is 0 Å². The second-order valence-corrected chi connectivity index (χ2v) is 6.48. The van der Waals surface area contributed by atoms with Crippen molar-refractivity contribution in [1.82, 2.24) is 10.2 Å². The number of amides is 2. The maximum Gasteiger partial charge on any atom is 0.308 e. The fourth-order valence-corrected chi connectivity index (χ4v) is 2.88. The molecule has 1 aromatic carbocycles. The Labute approximate surface area is 141 Å². The molecule has 130 valence electrons. The fourth-order valence-electron chi connectivity index (χ4n) is 2.88. The van der Waals surface area contributed by atoms with Crippen molar-refractivity contribution in [2.75, 3.05) is 19.6 Å². The minimum atomic E-state index is -0.875. The van der Waals surface area contributed by atoms with Crippen molar-refractivity contribution in [3.63, 3.8) is 0 Å². The van der Waals surface area contributed by atoms with E-state index in [1.165, 1.54) is 10.5 Å². The molecule has 2 atom stereocenters. The number of rotatable bonds is 6. The van der Waals surface area contributed by atoms with E-state index in [-0.39, 0.29) is 30.8 Å². The van der Waals surface area contributed by atoms with E-state index in [0.717, 1.165) is 5.56 Å². The summed E-state index contributed by atoms with van der Waals surface area (Å²) in [7, 11) is 0. The molecule has 24 heavy (non-hydrogen) atoms. The molecule has 0 radical (unpaired) electrons. The van der Waals surface area contributed by atoms with Crippen LogP contribution < -0.4 is 5.32 Å². The predicted molar refractivity (Wildman–Crippen MR) is 89.4 cm³/mol. The molecule has 1 fully saturated rings. The third kappa shape index (κ3) is 4.81. The van der Waals surface area contributed by atoms with Gasteiger partial charge in [-0.25, -0.2) is 0 Å². The van der Waals surface area contributed by atoms with Crippen molar-refractivity contribution in [3.8, 4) is 0 Å². The van der Waals surface area contributed by atoms with Crippen molar-refractivity contribution >= 4 is 17.8 Å². The van der Waals surface area contributed by atoms with Gasteiger partial charge < -0.3 is 15.3 Å². The van der Waals surface area contributed by atoms with E-state index in [9.17, 15) is 14.4 Å². The first-order chi connectivity index (χ1) is 11.4. The number of aryl methyl sites for hydroxylation is 2. The summed E-state index contributed by atoms with van der Waals surface area (Å²) in [5, 5.41) is 11.7. The number of nitrogens with zero attached hydrogens (tertiary/aromatic N) is 1. The van der Waals surface area contributed by atoms with Gasteiger partial charge in [-0.2, -0.15) is 0 Å². The normalized spacial score (nSPS) is 20.0. The summed E-state index contributed by atoms with van der Waals surface area (Å²) >= 11 is 0. The number of likely N-dealkylation sites (tertiary alicyclic amines) is 1. The van der Waals surface area contributed by atoms with E-state index < -0.39 is 11.9 Å². The first-order valence-electron chi connectivity index (χ1n) is 8.19. The first kappa shape index (κ1) is 18.0. The number of benzene rings is 1. The van der Waals surface area contributed by atoms with E-state index in [0.29, 0.717) is 19.4 Å². The van der Waals surface area contributed by atoms with Crippen LogP contribution in [0.25, 0.3) is 0 Å². The van der Waals surface area contributed by atoms with E-state index in [4.69, 9.17) is 5.11 Å². The number of hydrogen-bond donors (Lipinski definition) is 2. The molecule has 1 aliphatic heterocycles. The standard InChI is InChI=1S/C18H24N2O4/c1-12-3-5-14(6-4-12)7-8-16(21)19-9-17(22)20-10-13(2)15(11-20)18(23)24/h3-6,13,15H,7-11H2,1-2H3,(H,19,21)(H,23,24)/t13-,15-/m1/s1. The molecule has 6 heteroatoms. The predicted octanol–water partition coefficient (Wildman–Crippen LogP) is 1.22. The molecule has 0 unspecified atom stereocenters. The van der Waals surface area contributed by atoms with Gasteiger partial charge in [0.2, 0.25) is 11.8 Å². The van der Waals surface area contributed by atoms with Gasteiger partial charge in [0.05, 0.1) is 12.5 Å². The molecule has 0 aromatic heterocycles. The Kier molecular flexibility index (Phi) is 5.95. The zero-order valence-electron chi connectivity index (χ0n) is 14.1. The molecule has 2 amide bonds. The zero-order valence-corrected chi connectivity index (χ0v) is 14.1. The highest BCUT2D eigenvalue weighted by molar-refractivity contribution is 5.85. The Hall–Kier alpha value is -2.37. The van der Waals surface area contributed by atoms with Gasteiger partial charge >= 0.3 is 5.97 Å². The van der Waals surface area contributed by atoms with Crippen molar-refractivity contribution in [3.05, 3.63) is 35.4 Å². The van der Waals surface area contributed by atoms with Gasteiger partial charge in [0, 0.05) is 19.5 Å². The van der Waals surface area contributed by atoms with Crippen molar-refractivity contribution in [2.45, 2.75) is 26.7 Å². The molecule has 0 aliphatic carbocycles. The van der Waals surface area contributed by atoms with Crippen LogP contribution in [0.2, 0.25) is 0 Å². The SMILES string of the molecule is Cc1ccc(CCC(=O)NCC(=O)N2C[C@@H](C)[C@H](C(=O)O)C2)cc1.